The molecule has 1 atom stereocenters. The van der Waals surface area contributed by atoms with Crippen molar-refractivity contribution in [1.29, 1.82) is 0 Å². The number of hydrogen-bond acceptors (Lipinski definition) is 6. The number of carbonyl (C=O) groups excluding carboxylic acids is 1. The number of aromatic hydroxyl groups is 1. The second-order valence-corrected chi connectivity index (χ2v) is 8.69. The monoisotopic (exact) mass is 415 g/mol. The van der Waals surface area contributed by atoms with Gasteiger partial charge in [-0.3, -0.25) is 4.79 Å². The van der Waals surface area contributed by atoms with Crippen LogP contribution in [0.5, 0.6) is 5.75 Å². The Morgan fingerprint density at radius 1 is 1.38 bits per heavy atom. The average Bonchev–Trinajstić information content (AvgIpc) is 2.46. The molecule has 0 amide bonds. The van der Waals surface area contributed by atoms with Gasteiger partial charge in [0.1, 0.15) is 10.9 Å². The molecule has 0 aromatic heterocycles. The lowest BCUT2D eigenvalue weighted by Gasteiger charge is -2.19. The topological polar surface area (TPSA) is 92.7 Å². The molecule has 1 unspecified atom stereocenters. The van der Waals surface area contributed by atoms with Crippen molar-refractivity contribution in [3.8, 4) is 5.75 Å². The van der Waals surface area contributed by atoms with E-state index in [1.54, 1.807) is 13.8 Å². The highest BCUT2D eigenvalue weighted by Crippen LogP contribution is 2.34. The van der Waals surface area contributed by atoms with Crippen LogP contribution >= 0.6 is 35.0 Å². The van der Waals surface area contributed by atoms with Crippen LogP contribution in [-0.4, -0.2) is 43.6 Å². The van der Waals surface area contributed by atoms with Crippen molar-refractivity contribution in [2.24, 2.45) is 0 Å². The lowest BCUT2D eigenvalue weighted by molar-refractivity contribution is -0.149. The summed E-state index contributed by atoms with van der Waals surface area (Å²) in [5, 5.41) is 9.74. The van der Waals surface area contributed by atoms with Gasteiger partial charge in [0.05, 0.1) is 11.1 Å². The SMILES string of the molecule is CSCCC(NS(=O)(=O)c1cc(Cl)cc(Cl)c1O)C(=O)OC(C)C. The van der Waals surface area contributed by atoms with E-state index in [-0.39, 0.29) is 22.6 Å². The smallest absolute Gasteiger partial charge is 0.324 e. The van der Waals surface area contributed by atoms with Gasteiger partial charge in [-0.05, 0) is 44.4 Å². The van der Waals surface area contributed by atoms with Crippen molar-refractivity contribution in [3.05, 3.63) is 22.2 Å². The largest absolute Gasteiger partial charge is 0.505 e. The van der Waals surface area contributed by atoms with Crippen molar-refractivity contribution in [1.82, 2.24) is 4.72 Å². The third-order valence-corrected chi connectivity index (χ3v) is 5.46. The van der Waals surface area contributed by atoms with E-state index in [4.69, 9.17) is 27.9 Å². The molecule has 2 N–H and O–H groups in total. The number of phenolic OH excluding ortho intramolecular Hbond substituents is 1. The summed E-state index contributed by atoms with van der Waals surface area (Å²) in [7, 11) is -4.23. The van der Waals surface area contributed by atoms with Gasteiger partial charge < -0.3 is 9.84 Å². The summed E-state index contributed by atoms with van der Waals surface area (Å²) >= 11 is 13.0. The molecule has 24 heavy (non-hydrogen) atoms. The van der Waals surface area contributed by atoms with E-state index in [1.807, 2.05) is 6.26 Å². The zero-order valence-corrected chi connectivity index (χ0v) is 16.5. The van der Waals surface area contributed by atoms with E-state index >= 15 is 0 Å². The number of benzene rings is 1. The predicted octanol–water partition coefficient (Wildman–Crippen LogP) is 3.05. The van der Waals surface area contributed by atoms with E-state index in [1.165, 1.54) is 17.8 Å². The zero-order valence-electron chi connectivity index (χ0n) is 13.4. The van der Waals surface area contributed by atoms with Gasteiger partial charge in [-0.1, -0.05) is 23.2 Å². The van der Waals surface area contributed by atoms with Crippen LogP contribution in [0.3, 0.4) is 0 Å². The number of carbonyl (C=O) groups is 1. The van der Waals surface area contributed by atoms with Crippen LogP contribution in [0, 0.1) is 0 Å². The molecule has 0 bridgehead atoms. The summed E-state index contributed by atoms with van der Waals surface area (Å²) < 4.78 is 32.4. The molecule has 1 aromatic rings. The minimum absolute atomic E-state index is 0.0450. The molecule has 1 aromatic carbocycles. The molecule has 1 rings (SSSR count). The Morgan fingerprint density at radius 3 is 2.54 bits per heavy atom. The number of rotatable bonds is 8. The summed E-state index contributed by atoms with van der Waals surface area (Å²) in [5.41, 5.74) is 0. The number of sulfonamides is 1. The first-order valence-corrected chi connectivity index (χ1v) is 10.6. The molecular formula is C14H19Cl2NO5S2. The molecule has 0 saturated carbocycles. The second-order valence-electron chi connectivity index (χ2n) is 5.18. The van der Waals surface area contributed by atoms with Crippen LogP contribution in [-0.2, 0) is 19.6 Å². The number of phenols is 1. The molecule has 0 aliphatic carbocycles. The van der Waals surface area contributed by atoms with Crippen LogP contribution < -0.4 is 4.72 Å². The van der Waals surface area contributed by atoms with Crippen LogP contribution in [0.2, 0.25) is 10.0 Å². The van der Waals surface area contributed by atoms with Crippen molar-refractivity contribution >= 4 is 51.0 Å². The van der Waals surface area contributed by atoms with E-state index in [9.17, 15) is 18.3 Å². The summed E-state index contributed by atoms with van der Waals surface area (Å²) in [4.78, 5) is 11.6. The van der Waals surface area contributed by atoms with Crippen molar-refractivity contribution in [2.45, 2.75) is 37.3 Å². The minimum atomic E-state index is -4.23. The van der Waals surface area contributed by atoms with Gasteiger partial charge in [-0.15, -0.1) is 0 Å². The number of halogens is 2. The lowest BCUT2D eigenvalue weighted by Crippen LogP contribution is -2.43. The Bertz CT molecular complexity index is 695. The summed E-state index contributed by atoms with van der Waals surface area (Å²) in [6.07, 6.45) is 1.69. The number of nitrogens with one attached hydrogen (secondary N) is 1. The van der Waals surface area contributed by atoms with E-state index in [0.29, 0.717) is 5.75 Å². The molecule has 6 nitrogen and oxygen atoms in total. The van der Waals surface area contributed by atoms with Crippen LogP contribution in [0.25, 0.3) is 0 Å². The number of hydrogen-bond donors (Lipinski definition) is 2. The molecule has 136 valence electrons. The first-order valence-electron chi connectivity index (χ1n) is 6.98. The zero-order chi connectivity index (χ0) is 18.5. The molecule has 0 heterocycles. The van der Waals surface area contributed by atoms with Gasteiger partial charge in [0, 0.05) is 5.02 Å². The van der Waals surface area contributed by atoms with Gasteiger partial charge in [-0.2, -0.15) is 16.5 Å². The maximum absolute atomic E-state index is 12.5. The summed E-state index contributed by atoms with van der Waals surface area (Å²) in [6, 6.07) is 1.20. The standard InChI is InChI=1S/C14H19Cl2NO5S2/c1-8(2)22-14(19)11(4-5-23-3)17-24(20,21)12-7-9(15)6-10(16)13(12)18/h6-8,11,17-18H,4-5H2,1-3H3. The van der Waals surface area contributed by atoms with Gasteiger partial charge in [0.25, 0.3) is 0 Å². The fourth-order valence-electron chi connectivity index (χ4n) is 1.77. The minimum Gasteiger partial charge on any atom is -0.505 e. The van der Waals surface area contributed by atoms with Gasteiger partial charge in [0.2, 0.25) is 10.0 Å². The van der Waals surface area contributed by atoms with Gasteiger partial charge in [0.15, 0.2) is 5.75 Å². The highest BCUT2D eigenvalue weighted by Gasteiger charge is 2.29. The lowest BCUT2D eigenvalue weighted by atomic mass is 10.2. The fraction of sp³-hybridized carbons (Fsp3) is 0.500. The quantitative estimate of drug-likeness (QED) is 0.633. The Morgan fingerprint density at radius 2 is 2.00 bits per heavy atom. The molecule has 0 fully saturated rings. The molecule has 0 aliphatic rings. The highest BCUT2D eigenvalue weighted by atomic mass is 35.5. The van der Waals surface area contributed by atoms with Gasteiger partial charge in [-0.25, -0.2) is 8.42 Å². The number of esters is 1. The third kappa shape index (κ3) is 6.00. The Kier molecular flexibility index (Phi) is 8.14. The second kappa shape index (κ2) is 9.15. The first-order chi connectivity index (χ1) is 11.1. The van der Waals surface area contributed by atoms with Crippen molar-refractivity contribution in [3.63, 3.8) is 0 Å². The predicted molar refractivity (Wildman–Crippen MR) is 96.5 cm³/mol. The number of thioether (sulfide) groups is 1. The van der Waals surface area contributed by atoms with Crippen molar-refractivity contribution < 1.29 is 23.1 Å². The van der Waals surface area contributed by atoms with Crippen LogP contribution in [0.4, 0.5) is 0 Å². The van der Waals surface area contributed by atoms with E-state index < -0.39 is 32.7 Å². The Balaban J connectivity index is 3.13. The first kappa shape index (κ1) is 21.4. The molecule has 0 aliphatic heterocycles. The molecule has 0 radical (unpaired) electrons. The highest BCUT2D eigenvalue weighted by molar-refractivity contribution is 7.98. The van der Waals surface area contributed by atoms with E-state index in [2.05, 4.69) is 4.72 Å². The molecule has 0 spiro atoms. The maximum atomic E-state index is 12.5. The van der Waals surface area contributed by atoms with Gasteiger partial charge >= 0.3 is 5.97 Å². The summed E-state index contributed by atoms with van der Waals surface area (Å²) in [5.74, 6) is -0.771. The van der Waals surface area contributed by atoms with Crippen molar-refractivity contribution in [2.75, 3.05) is 12.0 Å². The molecule has 10 heteroatoms. The third-order valence-electron chi connectivity index (χ3n) is 2.83. The normalized spacial score (nSPS) is 13.1. The van der Waals surface area contributed by atoms with Crippen LogP contribution in [0.15, 0.2) is 17.0 Å². The molecular weight excluding hydrogens is 397 g/mol. The summed E-state index contributed by atoms with van der Waals surface area (Å²) in [6.45, 7) is 3.33. The Labute approximate surface area is 155 Å². The van der Waals surface area contributed by atoms with Crippen LogP contribution in [0.1, 0.15) is 20.3 Å². The average molecular weight is 416 g/mol. The maximum Gasteiger partial charge on any atom is 0.324 e. The van der Waals surface area contributed by atoms with E-state index in [0.717, 1.165) is 6.07 Å². The molecule has 0 saturated heterocycles. The fourth-order valence-corrected chi connectivity index (χ4v) is 4.22. The Hall–Kier alpha value is -0.670. The number of ether oxygens (including phenoxy) is 1.